The Morgan fingerprint density at radius 3 is 3.20 bits per heavy atom. The van der Waals surface area contributed by atoms with Gasteiger partial charge in [-0.05, 0) is 0 Å². The average Bonchev–Trinajstić information content (AvgIpc) is 1.76. The predicted molar refractivity (Wildman–Crippen MR) is 22.2 cm³/mol. The van der Waals surface area contributed by atoms with Crippen LogP contribution >= 0.6 is 0 Å². The monoisotopic (exact) mass is 136 g/mol. The van der Waals surface area contributed by atoms with Gasteiger partial charge < -0.3 is 0 Å². The molecular formula is C2H4N2Se. The Bertz CT molecular complexity index is 45.6. The van der Waals surface area contributed by atoms with Crippen molar-refractivity contribution in [1.82, 2.24) is 4.44 Å². The van der Waals surface area contributed by atoms with Gasteiger partial charge in [0.1, 0.15) is 0 Å². The summed E-state index contributed by atoms with van der Waals surface area (Å²) < 4.78 is 2.85. The zero-order valence-electron chi connectivity index (χ0n) is 2.64. The Balaban J connectivity index is 2.32. The predicted octanol–water partition coefficient (Wildman–Crippen LogP) is -0.387. The molecule has 1 aliphatic heterocycles. The molecule has 0 aliphatic carbocycles. The summed E-state index contributed by atoms with van der Waals surface area (Å²) in [6, 6.07) is 0. The fourth-order valence-corrected chi connectivity index (χ4v) is 0.968. The molecule has 0 saturated carbocycles. The van der Waals surface area contributed by atoms with Crippen LogP contribution in [0.15, 0.2) is 5.10 Å². The van der Waals surface area contributed by atoms with Crippen LogP contribution in [0, 0.1) is 0 Å². The number of hydrogen-bond acceptors (Lipinski definition) is 2. The van der Waals surface area contributed by atoms with Crippen LogP contribution in [0.3, 0.4) is 0 Å². The van der Waals surface area contributed by atoms with E-state index in [4.69, 9.17) is 0 Å². The van der Waals surface area contributed by atoms with Gasteiger partial charge in [0.15, 0.2) is 0 Å². The maximum atomic E-state index is 3.74. The second kappa shape index (κ2) is 1.43. The quantitative estimate of drug-likeness (QED) is 0.449. The summed E-state index contributed by atoms with van der Waals surface area (Å²) in [5.41, 5.74) is 0. The van der Waals surface area contributed by atoms with Crippen molar-refractivity contribution >= 4 is 21.4 Å². The molecule has 0 aromatic heterocycles. The van der Waals surface area contributed by atoms with E-state index >= 15 is 0 Å². The summed E-state index contributed by atoms with van der Waals surface area (Å²) in [5, 5.41) is 4.90. The molecule has 1 N–H and O–H groups in total. The third-order valence-electron chi connectivity index (χ3n) is 0.366. The molecule has 3 heteroatoms. The van der Waals surface area contributed by atoms with Gasteiger partial charge in [-0.1, -0.05) is 0 Å². The summed E-state index contributed by atoms with van der Waals surface area (Å²) in [6.07, 6.45) is 1.90. The van der Waals surface area contributed by atoms with E-state index in [1.54, 1.807) is 0 Å². The number of nitrogens with zero attached hydrogens (tertiary/aromatic N) is 1. The molecule has 0 radical (unpaired) electrons. The maximum absolute atomic E-state index is 3.74. The molecule has 0 fully saturated rings. The normalized spacial score (nSPS) is 19.2. The van der Waals surface area contributed by atoms with Crippen LogP contribution in [0.25, 0.3) is 0 Å². The van der Waals surface area contributed by atoms with Gasteiger partial charge in [-0.3, -0.25) is 0 Å². The first kappa shape index (κ1) is 3.19. The minimum absolute atomic E-state index is 0.597. The van der Waals surface area contributed by atoms with E-state index in [1.807, 2.05) is 6.21 Å². The second-order valence-electron chi connectivity index (χ2n) is 0.714. The Morgan fingerprint density at radius 1 is 2.00 bits per heavy atom. The van der Waals surface area contributed by atoms with E-state index in [0.29, 0.717) is 15.2 Å². The first-order chi connectivity index (χ1) is 2.50. The van der Waals surface area contributed by atoms with Crippen LogP contribution < -0.4 is 4.44 Å². The van der Waals surface area contributed by atoms with E-state index in [2.05, 4.69) is 9.54 Å². The van der Waals surface area contributed by atoms with Gasteiger partial charge in [0, 0.05) is 0 Å². The SMILES string of the molecule is C1=NN[Se]C1. The summed E-state index contributed by atoms with van der Waals surface area (Å²) in [6.45, 7) is 0. The molecule has 2 nitrogen and oxygen atoms in total. The zero-order chi connectivity index (χ0) is 3.54. The molecule has 0 aromatic carbocycles. The topological polar surface area (TPSA) is 24.4 Å². The van der Waals surface area contributed by atoms with Gasteiger partial charge >= 0.3 is 36.3 Å². The number of nitrogens with one attached hydrogen (secondary N) is 1. The van der Waals surface area contributed by atoms with Crippen molar-refractivity contribution in [2.45, 2.75) is 5.32 Å². The average molecular weight is 135 g/mol. The third-order valence-corrected chi connectivity index (χ3v) is 1.52. The molecule has 1 rings (SSSR count). The summed E-state index contributed by atoms with van der Waals surface area (Å²) in [7, 11) is 0. The second-order valence-corrected chi connectivity index (χ2v) is 2.40. The Kier molecular flexibility index (Phi) is 0.914. The van der Waals surface area contributed by atoms with Crippen LogP contribution in [-0.2, 0) is 0 Å². The summed E-state index contributed by atoms with van der Waals surface area (Å²) in [4.78, 5) is 0. The molecule has 0 spiro atoms. The molecule has 5 heavy (non-hydrogen) atoms. The summed E-state index contributed by atoms with van der Waals surface area (Å²) >= 11 is 0.597. The van der Waals surface area contributed by atoms with Crippen LogP contribution in [-0.4, -0.2) is 21.4 Å². The molecule has 0 aromatic rings. The van der Waals surface area contributed by atoms with Crippen LogP contribution in [0.2, 0.25) is 5.32 Å². The number of rotatable bonds is 0. The van der Waals surface area contributed by atoms with Gasteiger partial charge in [0.25, 0.3) is 0 Å². The minimum atomic E-state index is 0.597. The van der Waals surface area contributed by atoms with E-state index in [9.17, 15) is 0 Å². The van der Waals surface area contributed by atoms with Crippen molar-refractivity contribution in [3.63, 3.8) is 0 Å². The molecule has 0 unspecified atom stereocenters. The fraction of sp³-hybridized carbons (Fsp3) is 0.500. The van der Waals surface area contributed by atoms with E-state index in [0.717, 1.165) is 5.32 Å². The van der Waals surface area contributed by atoms with Crippen molar-refractivity contribution in [2.24, 2.45) is 5.10 Å². The molecule has 0 amide bonds. The molecular weight excluding hydrogens is 131 g/mol. The van der Waals surface area contributed by atoms with Crippen LogP contribution in [0.4, 0.5) is 0 Å². The van der Waals surface area contributed by atoms with Gasteiger partial charge in [-0.15, -0.1) is 0 Å². The van der Waals surface area contributed by atoms with Crippen LogP contribution in [0.5, 0.6) is 0 Å². The first-order valence-electron chi connectivity index (χ1n) is 1.38. The fourth-order valence-electron chi connectivity index (χ4n) is 0.186. The van der Waals surface area contributed by atoms with Crippen molar-refractivity contribution in [3.8, 4) is 0 Å². The number of hydrogen-bond donors (Lipinski definition) is 1. The Hall–Kier alpha value is -0.0105. The molecule has 1 heterocycles. The Morgan fingerprint density at radius 2 is 3.00 bits per heavy atom. The molecule has 0 saturated heterocycles. The standard InChI is InChI=1S/C2H4N2Se/c1-2-5-4-3-1/h1,4H,2H2. The van der Waals surface area contributed by atoms with Gasteiger partial charge in [0.05, 0.1) is 0 Å². The zero-order valence-corrected chi connectivity index (χ0v) is 4.35. The number of hydrazone groups is 1. The van der Waals surface area contributed by atoms with E-state index in [1.165, 1.54) is 0 Å². The Labute approximate surface area is 37.0 Å². The van der Waals surface area contributed by atoms with Gasteiger partial charge in [0.2, 0.25) is 0 Å². The van der Waals surface area contributed by atoms with E-state index < -0.39 is 0 Å². The molecule has 0 bridgehead atoms. The van der Waals surface area contributed by atoms with Crippen molar-refractivity contribution in [1.29, 1.82) is 0 Å². The first-order valence-corrected chi connectivity index (χ1v) is 3.45. The van der Waals surface area contributed by atoms with E-state index in [-0.39, 0.29) is 0 Å². The van der Waals surface area contributed by atoms with Crippen LogP contribution in [0.1, 0.15) is 0 Å². The third kappa shape index (κ3) is 0.634. The van der Waals surface area contributed by atoms with Crippen molar-refractivity contribution in [3.05, 3.63) is 0 Å². The van der Waals surface area contributed by atoms with Crippen molar-refractivity contribution in [2.75, 3.05) is 0 Å². The van der Waals surface area contributed by atoms with Gasteiger partial charge in [-0.25, -0.2) is 0 Å². The molecule has 1 aliphatic rings. The molecule has 28 valence electrons. The molecule has 0 atom stereocenters. The summed E-state index contributed by atoms with van der Waals surface area (Å²) in [5.74, 6) is 0. The van der Waals surface area contributed by atoms with Crippen molar-refractivity contribution < 1.29 is 0 Å². The van der Waals surface area contributed by atoms with Gasteiger partial charge in [-0.2, -0.15) is 0 Å².